The van der Waals surface area contributed by atoms with Crippen molar-refractivity contribution in [3.63, 3.8) is 0 Å². The van der Waals surface area contributed by atoms with E-state index in [2.05, 4.69) is 15.4 Å². The van der Waals surface area contributed by atoms with Crippen LogP contribution in [0.2, 0.25) is 5.02 Å². The minimum Gasteiger partial charge on any atom is -0.494 e. The van der Waals surface area contributed by atoms with Crippen LogP contribution in [-0.4, -0.2) is 72.3 Å². The molecule has 2 rings (SSSR count). The number of esters is 1. The van der Waals surface area contributed by atoms with Crippen molar-refractivity contribution in [1.29, 1.82) is 0 Å². The number of hydrogen-bond acceptors (Lipinski definition) is 9. The van der Waals surface area contributed by atoms with Gasteiger partial charge in [-0.15, -0.1) is 11.8 Å². The molecule has 0 spiro atoms. The number of ether oxygens (including phenoxy) is 3. The Bertz CT molecular complexity index is 1350. The molecule has 0 bridgehead atoms. The predicted molar refractivity (Wildman–Crippen MR) is 167 cm³/mol. The van der Waals surface area contributed by atoms with Crippen LogP contribution in [0.1, 0.15) is 45.2 Å². The summed E-state index contributed by atoms with van der Waals surface area (Å²) in [6.45, 7) is 6.96. The van der Waals surface area contributed by atoms with Gasteiger partial charge >= 0.3 is 11.9 Å². The second kappa shape index (κ2) is 18.2. The van der Waals surface area contributed by atoms with Gasteiger partial charge in [-0.3, -0.25) is 19.2 Å². The van der Waals surface area contributed by atoms with Gasteiger partial charge in [-0.25, -0.2) is 9.18 Å². The number of carbonyl (C=O) groups is 5. The second-order valence-corrected chi connectivity index (χ2v) is 11.7. The SMILES string of the molecule is CCOc1ccc(OC(C)C(=O)OC)cc1CC(=O)NC(C(=O)NC(CC(=O)O)C(=O)CSCc1c(F)cccc1Cl)C(C)C. The minimum atomic E-state index is -1.38. The molecule has 14 heteroatoms. The molecule has 45 heavy (non-hydrogen) atoms. The molecular formula is C31H38ClFN2O9S. The number of carboxylic acid groups (broad SMARTS) is 1. The molecule has 3 N–H and O–H groups in total. The Kier molecular flexibility index (Phi) is 15.1. The van der Waals surface area contributed by atoms with Gasteiger partial charge in [0.05, 0.1) is 38.4 Å². The highest BCUT2D eigenvalue weighted by Gasteiger charge is 2.30. The highest BCUT2D eigenvalue weighted by molar-refractivity contribution is 7.99. The van der Waals surface area contributed by atoms with E-state index in [1.807, 2.05) is 0 Å². The topological polar surface area (TPSA) is 157 Å². The van der Waals surface area contributed by atoms with Gasteiger partial charge in [0.25, 0.3) is 0 Å². The number of ketones is 1. The third kappa shape index (κ3) is 11.9. The van der Waals surface area contributed by atoms with Crippen molar-refractivity contribution in [2.45, 2.75) is 64.5 Å². The zero-order chi connectivity index (χ0) is 33.7. The first-order chi connectivity index (χ1) is 21.3. The number of nitrogens with one attached hydrogen (secondary N) is 2. The summed E-state index contributed by atoms with van der Waals surface area (Å²) >= 11 is 7.06. The maximum atomic E-state index is 14.1. The molecule has 0 fully saturated rings. The molecule has 0 aliphatic heterocycles. The monoisotopic (exact) mass is 668 g/mol. The van der Waals surface area contributed by atoms with Crippen LogP contribution in [0.4, 0.5) is 4.39 Å². The lowest BCUT2D eigenvalue weighted by atomic mass is 10.0. The molecule has 3 unspecified atom stereocenters. The van der Waals surface area contributed by atoms with Crippen molar-refractivity contribution < 1.29 is 47.7 Å². The number of benzene rings is 2. The van der Waals surface area contributed by atoms with Gasteiger partial charge in [-0.1, -0.05) is 31.5 Å². The van der Waals surface area contributed by atoms with Crippen molar-refractivity contribution in [2.75, 3.05) is 19.5 Å². The fraction of sp³-hybridized carbons (Fsp3) is 0.452. The van der Waals surface area contributed by atoms with E-state index in [1.165, 1.54) is 32.2 Å². The van der Waals surface area contributed by atoms with E-state index < -0.39 is 65.9 Å². The van der Waals surface area contributed by atoms with E-state index in [4.69, 9.17) is 21.1 Å². The Labute approximate surface area is 270 Å². The standard InChI is InChI=1S/C31H38ClFN2O9S/c1-6-43-26-11-10-20(44-18(4)31(41)42-5)12-19(26)13-27(37)35-29(17(2)3)30(40)34-24(14-28(38)39)25(36)16-45-15-21-22(32)8-7-9-23(21)33/h7-12,17-18,24,29H,6,13-16H2,1-5H3,(H,34,40)(H,35,37)(H,38,39). The second-order valence-electron chi connectivity index (χ2n) is 10.3. The van der Waals surface area contributed by atoms with Crippen molar-refractivity contribution in [1.82, 2.24) is 10.6 Å². The van der Waals surface area contributed by atoms with Gasteiger partial charge in [-0.2, -0.15) is 0 Å². The molecule has 0 aliphatic rings. The molecule has 11 nitrogen and oxygen atoms in total. The number of thioether (sulfide) groups is 1. The molecule has 0 saturated heterocycles. The summed E-state index contributed by atoms with van der Waals surface area (Å²) in [6.07, 6.45) is -1.80. The number of hydrogen-bond donors (Lipinski definition) is 3. The zero-order valence-corrected chi connectivity index (χ0v) is 27.3. The van der Waals surface area contributed by atoms with Crippen molar-refractivity contribution in [2.24, 2.45) is 5.92 Å². The molecule has 0 aromatic heterocycles. The van der Waals surface area contributed by atoms with Gasteiger partial charge in [0, 0.05) is 21.9 Å². The third-order valence-electron chi connectivity index (χ3n) is 6.43. The summed E-state index contributed by atoms with van der Waals surface area (Å²) < 4.78 is 30.0. The summed E-state index contributed by atoms with van der Waals surface area (Å²) in [6, 6.07) is 6.44. The number of amides is 2. The number of carboxylic acids is 1. The van der Waals surface area contributed by atoms with Crippen molar-refractivity contribution in [3.05, 3.63) is 58.4 Å². The van der Waals surface area contributed by atoms with Gasteiger partial charge in [0.2, 0.25) is 11.8 Å². The molecule has 0 aliphatic carbocycles. The van der Waals surface area contributed by atoms with Gasteiger partial charge in [-0.05, 0) is 50.1 Å². The number of carbonyl (C=O) groups excluding carboxylic acids is 4. The Balaban J connectivity index is 2.13. The number of halogens is 2. The summed E-state index contributed by atoms with van der Waals surface area (Å²) in [7, 11) is 1.24. The van der Waals surface area contributed by atoms with Gasteiger partial charge in [0.15, 0.2) is 11.9 Å². The lowest BCUT2D eigenvalue weighted by Crippen LogP contribution is -2.54. The molecule has 0 heterocycles. The van der Waals surface area contributed by atoms with Crippen LogP contribution in [0, 0.1) is 11.7 Å². The zero-order valence-electron chi connectivity index (χ0n) is 25.7. The third-order valence-corrected chi connectivity index (χ3v) is 7.77. The van der Waals surface area contributed by atoms with Crippen LogP contribution in [-0.2, 0) is 40.9 Å². The van der Waals surface area contributed by atoms with E-state index in [0.717, 1.165) is 11.8 Å². The molecule has 0 radical (unpaired) electrons. The maximum Gasteiger partial charge on any atom is 0.346 e. The molecule has 2 aromatic carbocycles. The molecule has 3 atom stereocenters. The van der Waals surface area contributed by atoms with E-state index in [-0.39, 0.29) is 28.5 Å². The number of methoxy groups -OCH3 is 1. The van der Waals surface area contributed by atoms with Crippen molar-refractivity contribution in [3.8, 4) is 11.5 Å². The predicted octanol–water partition coefficient (Wildman–Crippen LogP) is 3.96. The molecular weight excluding hydrogens is 631 g/mol. The fourth-order valence-corrected chi connectivity index (χ4v) is 5.43. The minimum absolute atomic E-state index is 0.0627. The fourth-order valence-electron chi connectivity index (χ4n) is 4.12. The Morgan fingerprint density at radius 2 is 1.78 bits per heavy atom. The van der Waals surface area contributed by atoms with E-state index in [0.29, 0.717) is 23.7 Å². The van der Waals surface area contributed by atoms with Crippen LogP contribution in [0.3, 0.4) is 0 Å². The Hall–Kier alpha value is -3.84. The average Bonchev–Trinajstić information content (AvgIpc) is 2.97. The van der Waals surface area contributed by atoms with Crippen LogP contribution in [0.25, 0.3) is 0 Å². The highest BCUT2D eigenvalue weighted by atomic mass is 35.5. The largest absolute Gasteiger partial charge is 0.494 e. The van der Waals surface area contributed by atoms with Crippen molar-refractivity contribution >= 4 is 52.9 Å². The number of aliphatic carboxylic acids is 1. The normalized spacial score (nSPS) is 12.9. The first-order valence-electron chi connectivity index (χ1n) is 14.1. The quantitative estimate of drug-likeness (QED) is 0.199. The highest BCUT2D eigenvalue weighted by Crippen LogP contribution is 2.27. The molecule has 0 saturated carbocycles. The van der Waals surface area contributed by atoms with Gasteiger partial charge < -0.3 is 30.0 Å². The van der Waals surface area contributed by atoms with Gasteiger partial charge in [0.1, 0.15) is 23.4 Å². The smallest absolute Gasteiger partial charge is 0.346 e. The van der Waals surface area contributed by atoms with E-state index in [9.17, 15) is 33.5 Å². The lowest BCUT2D eigenvalue weighted by molar-refractivity contribution is -0.148. The molecule has 246 valence electrons. The van der Waals surface area contributed by atoms with Crippen LogP contribution < -0.4 is 20.1 Å². The number of Topliss-reactive ketones (excluding diaryl/α,β-unsaturated/α-hetero) is 1. The van der Waals surface area contributed by atoms with E-state index in [1.54, 1.807) is 39.0 Å². The Morgan fingerprint density at radius 1 is 1.07 bits per heavy atom. The van der Waals surface area contributed by atoms with Crippen LogP contribution in [0.5, 0.6) is 11.5 Å². The first-order valence-corrected chi connectivity index (χ1v) is 15.7. The number of rotatable bonds is 18. The van der Waals surface area contributed by atoms with E-state index >= 15 is 0 Å². The Morgan fingerprint density at radius 3 is 2.38 bits per heavy atom. The van der Waals surface area contributed by atoms with Crippen LogP contribution >= 0.6 is 23.4 Å². The summed E-state index contributed by atoms with van der Waals surface area (Å²) in [5, 5.41) is 14.7. The first kappa shape index (κ1) is 37.3. The average molecular weight is 669 g/mol. The van der Waals surface area contributed by atoms with Crippen LogP contribution in [0.15, 0.2) is 36.4 Å². The summed E-state index contributed by atoms with van der Waals surface area (Å²) in [4.78, 5) is 62.6. The maximum absolute atomic E-state index is 14.1. The molecule has 2 amide bonds. The summed E-state index contributed by atoms with van der Waals surface area (Å²) in [5.74, 6) is -4.20. The summed E-state index contributed by atoms with van der Waals surface area (Å²) in [5.41, 5.74) is 0.638. The lowest BCUT2D eigenvalue weighted by Gasteiger charge is -2.25. The molecule has 2 aromatic rings.